The summed E-state index contributed by atoms with van der Waals surface area (Å²) in [6.45, 7) is 4.85. The minimum absolute atomic E-state index is 0.0320. The summed E-state index contributed by atoms with van der Waals surface area (Å²) in [7, 11) is 3.58. The van der Waals surface area contributed by atoms with Crippen molar-refractivity contribution in [3.8, 4) is 22.3 Å². The number of nitrogens with zero attached hydrogens (tertiary/aromatic N) is 2. The molecule has 0 aliphatic heterocycles. The highest BCUT2D eigenvalue weighted by molar-refractivity contribution is 5.85. The zero-order valence-corrected chi connectivity index (χ0v) is 31.0. The maximum absolute atomic E-state index is 12.1. The number of aromatic nitrogens is 2. The maximum Gasteiger partial charge on any atom is 0.253 e. The van der Waals surface area contributed by atoms with Gasteiger partial charge in [-0.25, -0.2) is 0 Å². The first-order valence-electron chi connectivity index (χ1n) is 18.9. The van der Waals surface area contributed by atoms with Gasteiger partial charge in [0.25, 0.3) is 11.1 Å². The number of hydrogen-bond acceptors (Lipinski definition) is 6. The smallest absolute Gasteiger partial charge is 0.253 e. The van der Waals surface area contributed by atoms with E-state index in [1.54, 1.807) is 23.2 Å². The van der Waals surface area contributed by atoms with Crippen LogP contribution in [0, 0.1) is 13.8 Å². The quantitative estimate of drug-likeness (QED) is 0.197. The van der Waals surface area contributed by atoms with Crippen LogP contribution in [0.15, 0.2) is 58.4 Å². The molecule has 4 aromatic rings. The first kappa shape index (κ1) is 36.0. The first-order valence-corrected chi connectivity index (χ1v) is 18.9. The van der Waals surface area contributed by atoms with Crippen LogP contribution in [-0.4, -0.2) is 32.9 Å². The van der Waals surface area contributed by atoms with Gasteiger partial charge in [0.2, 0.25) is 0 Å². The highest BCUT2D eigenvalue weighted by Crippen LogP contribution is 2.35. The van der Waals surface area contributed by atoms with Gasteiger partial charge in [-0.15, -0.1) is 0 Å². The lowest BCUT2D eigenvalue weighted by atomic mass is 9.84. The van der Waals surface area contributed by atoms with Gasteiger partial charge < -0.3 is 18.6 Å². The summed E-state index contributed by atoms with van der Waals surface area (Å²) in [4.78, 5) is 47.9. The SMILES string of the molecule is Cc1cc(-c2cc3c(cc2COC2CCC2)CC(=O)CC3)cn(C)c1=O.Cc1cc(-c2ccc3c(c2COC2CCC2)CCC(=O)C3)cn(C)c1=O. The second-order valence-electron chi connectivity index (χ2n) is 15.3. The molecule has 2 heterocycles. The second-order valence-corrected chi connectivity index (χ2v) is 15.3. The molecule has 0 amide bonds. The predicted molar refractivity (Wildman–Crippen MR) is 203 cm³/mol. The van der Waals surface area contributed by atoms with Crippen LogP contribution in [0.5, 0.6) is 0 Å². The van der Waals surface area contributed by atoms with E-state index in [1.165, 1.54) is 29.5 Å². The van der Waals surface area contributed by atoms with Crippen molar-refractivity contribution >= 4 is 11.6 Å². The number of aryl methyl sites for hydroxylation is 5. The molecule has 2 aromatic heterocycles. The Bertz CT molecular complexity index is 2030. The van der Waals surface area contributed by atoms with Crippen LogP contribution in [0.3, 0.4) is 0 Å². The van der Waals surface area contributed by atoms with Crippen LogP contribution in [0.1, 0.15) is 95.9 Å². The van der Waals surface area contributed by atoms with Crippen LogP contribution in [-0.2, 0) is 72.1 Å². The molecule has 0 radical (unpaired) electrons. The zero-order valence-electron chi connectivity index (χ0n) is 31.0. The first-order chi connectivity index (χ1) is 25.0. The molecule has 2 aromatic carbocycles. The zero-order chi connectivity index (χ0) is 36.5. The number of rotatable bonds is 8. The molecule has 2 saturated carbocycles. The Morgan fingerprint density at radius 2 is 1.17 bits per heavy atom. The standard InChI is InChI=1S/2C22H25NO3/c1-14-10-16(12-23(2)22(14)25)20-8-6-15-11-17(24)7-9-19(15)21(20)13-26-18-4-3-5-18;1-14-8-17(12-23(2)22(14)25)21-11-15-6-7-19(24)10-16(15)9-18(21)13-26-20-4-3-5-20/h6,8,10,12,18H,3-5,7,9,11,13H2,1-2H3;8-9,11-12,20H,3-7,10,13H2,1-2H3. The molecule has 0 spiro atoms. The van der Waals surface area contributed by atoms with Gasteiger partial charge in [0.1, 0.15) is 11.6 Å². The minimum atomic E-state index is 0.0320. The Kier molecular flexibility index (Phi) is 10.6. The van der Waals surface area contributed by atoms with Gasteiger partial charge in [-0.3, -0.25) is 19.2 Å². The average molecular weight is 703 g/mol. The largest absolute Gasteiger partial charge is 0.374 e. The molecule has 8 nitrogen and oxygen atoms in total. The summed E-state index contributed by atoms with van der Waals surface area (Å²) < 4.78 is 15.5. The number of ether oxygens (including phenoxy) is 2. The summed E-state index contributed by atoms with van der Waals surface area (Å²) in [6.07, 6.45) is 15.5. The number of Topliss-reactive ketones (excluding diaryl/α,β-unsaturated/α-hetero) is 2. The third-order valence-electron chi connectivity index (χ3n) is 11.4. The molecule has 8 rings (SSSR count). The number of pyridine rings is 2. The Balaban J connectivity index is 0.000000162. The monoisotopic (exact) mass is 702 g/mol. The molecular weight excluding hydrogens is 652 g/mol. The Morgan fingerprint density at radius 3 is 1.75 bits per heavy atom. The van der Waals surface area contributed by atoms with Gasteiger partial charge in [0.05, 0.1) is 25.4 Å². The van der Waals surface area contributed by atoms with Crippen molar-refractivity contribution in [3.63, 3.8) is 0 Å². The summed E-state index contributed by atoms with van der Waals surface area (Å²) >= 11 is 0. The van der Waals surface area contributed by atoms with Gasteiger partial charge >= 0.3 is 0 Å². The van der Waals surface area contributed by atoms with E-state index < -0.39 is 0 Å². The molecule has 4 aliphatic carbocycles. The number of benzene rings is 2. The lowest BCUT2D eigenvalue weighted by Crippen LogP contribution is -2.23. The van der Waals surface area contributed by atoms with Crippen LogP contribution in [0.4, 0.5) is 0 Å². The second kappa shape index (κ2) is 15.3. The number of carbonyl (C=O) groups excluding carboxylic acids is 2. The highest BCUT2D eigenvalue weighted by atomic mass is 16.5. The third kappa shape index (κ3) is 7.69. The number of hydrogen-bond donors (Lipinski definition) is 0. The lowest BCUT2D eigenvalue weighted by molar-refractivity contribution is -0.119. The van der Waals surface area contributed by atoms with Crippen molar-refractivity contribution in [1.82, 2.24) is 9.13 Å². The normalized spacial score (nSPS) is 17.1. The minimum Gasteiger partial charge on any atom is -0.374 e. The number of carbonyl (C=O) groups is 2. The van der Waals surface area contributed by atoms with Gasteiger partial charge in [-0.2, -0.15) is 0 Å². The van der Waals surface area contributed by atoms with Crippen molar-refractivity contribution < 1.29 is 19.1 Å². The fourth-order valence-corrected chi connectivity index (χ4v) is 7.85. The number of fused-ring (bicyclic) bond motifs is 2. The topological polar surface area (TPSA) is 96.6 Å². The van der Waals surface area contributed by atoms with E-state index in [1.807, 2.05) is 38.4 Å². The Labute approximate surface area is 305 Å². The number of ketones is 2. The molecule has 2 fully saturated rings. The van der Waals surface area contributed by atoms with Crippen molar-refractivity contribution in [2.75, 3.05) is 0 Å². The van der Waals surface area contributed by atoms with Crippen molar-refractivity contribution in [2.45, 2.75) is 116 Å². The van der Waals surface area contributed by atoms with Crippen LogP contribution in [0.2, 0.25) is 0 Å². The van der Waals surface area contributed by atoms with Gasteiger partial charge in [0, 0.05) is 63.3 Å². The predicted octanol–water partition coefficient (Wildman–Crippen LogP) is 6.98. The van der Waals surface area contributed by atoms with Crippen LogP contribution in [0.25, 0.3) is 22.3 Å². The van der Waals surface area contributed by atoms with E-state index in [9.17, 15) is 19.2 Å². The third-order valence-corrected chi connectivity index (χ3v) is 11.4. The van der Waals surface area contributed by atoms with Crippen molar-refractivity contribution in [3.05, 3.63) is 114 Å². The summed E-state index contributed by atoms with van der Waals surface area (Å²) in [5, 5.41) is 0. The fourth-order valence-electron chi connectivity index (χ4n) is 7.85. The summed E-state index contributed by atoms with van der Waals surface area (Å²) in [5.74, 6) is 0.628. The van der Waals surface area contributed by atoms with Crippen molar-refractivity contribution in [1.29, 1.82) is 0 Å². The van der Waals surface area contributed by atoms with Crippen LogP contribution < -0.4 is 11.1 Å². The van der Waals surface area contributed by atoms with Gasteiger partial charge in [-0.1, -0.05) is 24.3 Å². The van der Waals surface area contributed by atoms with E-state index in [4.69, 9.17) is 9.47 Å². The lowest BCUT2D eigenvalue weighted by Gasteiger charge is -2.28. The van der Waals surface area contributed by atoms with E-state index in [0.717, 1.165) is 88.6 Å². The van der Waals surface area contributed by atoms with Gasteiger partial charge in [-0.05, 0) is 133 Å². The maximum atomic E-state index is 12.1. The van der Waals surface area contributed by atoms with Crippen LogP contribution >= 0.6 is 0 Å². The highest BCUT2D eigenvalue weighted by Gasteiger charge is 2.25. The molecule has 272 valence electrons. The Morgan fingerprint density at radius 1 is 0.615 bits per heavy atom. The average Bonchev–Trinajstić information content (AvgIpc) is 3.07. The molecule has 52 heavy (non-hydrogen) atoms. The molecule has 4 aliphatic rings. The Hall–Kier alpha value is -4.40. The van der Waals surface area contributed by atoms with E-state index in [-0.39, 0.29) is 11.1 Å². The molecule has 0 N–H and O–H groups in total. The molecule has 0 saturated heterocycles. The molecule has 8 heteroatoms. The fraction of sp³-hybridized carbons (Fsp3) is 0.455. The van der Waals surface area contributed by atoms with E-state index in [0.29, 0.717) is 62.7 Å². The summed E-state index contributed by atoms with van der Waals surface area (Å²) in [6, 6.07) is 12.5. The molecular formula is C44H50N2O6. The van der Waals surface area contributed by atoms with E-state index in [2.05, 4.69) is 24.3 Å². The molecule has 0 bridgehead atoms. The molecule has 0 unspecified atom stereocenters. The van der Waals surface area contributed by atoms with Gasteiger partial charge in [0.15, 0.2) is 0 Å². The van der Waals surface area contributed by atoms with Crippen molar-refractivity contribution in [2.24, 2.45) is 14.1 Å². The molecule has 0 atom stereocenters. The summed E-state index contributed by atoms with van der Waals surface area (Å²) in [5.41, 5.74) is 13.0. The van der Waals surface area contributed by atoms with E-state index >= 15 is 0 Å².